The fraction of sp³-hybridized carbons (Fsp3) is 0.211. The number of hydrogen-bond acceptors (Lipinski definition) is 4. The number of aromatic nitrogens is 4. The van der Waals surface area contributed by atoms with Crippen LogP contribution in [0.1, 0.15) is 11.3 Å². The first kappa shape index (κ1) is 16.3. The standard InChI is InChI=1S/C19H18N4O3/c1-26-8-7-23-17-11-14-13(10-15(17)22-19(23)25)21-18(24)16(20-14)9-12-5-3-2-4-6-12/h2-6,10-11H,7-9H2,1H3,(H,21,24)(H,22,25). The van der Waals surface area contributed by atoms with Crippen LogP contribution in [0, 0.1) is 0 Å². The molecule has 2 aromatic carbocycles. The van der Waals surface area contributed by atoms with Gasteiger partial charge < -0.3 is 14.7 Å². The van der Waals surface area contributed by atoms with Crippen LogP contribution in [-0.2, 0) is 17.7 Å². The summed E-state index contributed by atoms with van der Waals surface area (Å²) in [6, 6.07) is 13.3. The van der Waals surface area contributed by atoms with Gasteiger partial charge in [0, 0.05) is 13.5 Å². The summed E-state index contributed by atoms with van der Waals surface area (Å²) in [4.78, 5) is 34.8. The molecule has 2 N–H and O–H groups in total. The molecule has 0 spiro atoms. The Morgan fingerprint density at radius 3 is 2.65 bits per heavy atom. The Labute approximate surface area is 148 Å². The molecule has 7 heteroatoms. The summed E-state index contributed by atoms with van der Waals surface area (Å²) in [7, 11) is 1.59. The number of rotatable bonds is 5. The lowest BCUT2D eigenvalue weighted by atomic mass is 10.1. The van der Waals surface area contributed by atoms with Gasteiger partial charge in [0.25, 0.3) is 5.56 Å². The number of nitrogens with zero attached hydrogens (tertiary/aromatic N) is 2. The minimum Gasteiger partial charge on any atom is -0.383 e. The monoisotopic (exact) mass is 350 g/mol. The first-order valence-electron chi connectivity index (χ1n) is 8.34. The van der Waals surface area contributed by atoms with Crippen molar-refractivity contribution in [2.75, 3.05) is 13.7 Å². The molecule has 0 saturated carbocycles. The van der Waals surface area contributed by atoms with E-state index in [4.69, 9.17) is 4.74 Å². The van der Waals surface area contributed by atoms with Crippen LogP contribution in [0.2, 0.25) is 0 Å². The van der Waals surface area contributed by atoms with E-state index in [1.54, 1.807) is 17.7 Å². The molecule has 0 aliphatic carbocycles. The second-order valence-corrected chi connectivity index (χ2v) is 6.14. The van der Waals surface area contributed by atoms with Gasteiger partial charge in [-0.3, -0.25) is 9.36 Å². The normalized spacial score (nSPS) is 11.4. The lowest BCUT2D eigenvalue weighted by Gasteiger charge is -2.05. The van der Waals surface area contributed by atoms with Gasteiger partial charge in [0.2, 0.25) is 0 Å². The molecule has 26 heavy (non-hydrogen) atoms. The van der Waals surface area contributed by atoms with Crippen molar-refractivity contribution in [3.8, 4) is 0 Å². The number of fused-ring (bicyclic) bond motifs is 2. The topological polar surface area (TPSA) is 92.8 Å². The fourth-order valence-electron chi connectivity index (χ4n) is 3.09. The minimum absolute atomic E-state index is 0.209. The molecule has 0 atom stereocenters. The summed E-state index contributed by atoms with van der Waals surface area (Å²) >= 11 is 0. The van der Waals surface area contributed by atoms with Crippen LogP contribution in [-0.4, -0.2) is 33.2 Å². The quantitative estimate of drug-likeness (QED) is 0.574. The average Bonchev–Trinajstić information content (AvgIpc) is 2.94. The van der Waals surface area contributed by atoms with Crippen molar-refractivity contribution < 1.29 is 4.74 Å². The van der Waals surface area contributed by atoms with Crippen LogP contribution in [0.4, 0.5) is 0 Å². The maximum atomic E-state index is 12.4. The number of methoxy groups -OCH3 is 1. The maximum Gasteiger partial charge on any atom is 0.326 e. The third kappa shape index (κ3) is 2.93. The van der Waals surface area contributed by atoms with E-state index < -0.39 is 0 Å². The number of ether oxygens (including phenoxy) is 1. The smallest absolute Gasteiger partial charge is 0.326 e. The first-order chi connectivity index (χ1) is 12.7. The number of imidazole rings is 1. The van der Waals surface area contributed by atoms with E-state index in [1.807, 2.05) is 36.4 Å². The number of hydrogen-bond donors (Lipinski definition) is 2. The summed E-state index contributed by atoms with van der Waals surface area (Å²) in [5.74, 6) is 0. The fourth-order valence-corrected chi connectivity index (χ4v) is 3.09. The van der Waals surface area contributed by atoms with Crippen molar-refractivity contribution in [2.45, 2.75) is 13.0 Å². The van der Waals surface area contributed by atoms with Gasteiger partial charge in [0.1, 0.15) is 5.69 Å². The second-order valence-electron chi connectivity index (χ2n) is 6.14. The molecule has 7 nitrogen and oxygen atoms in total. The lowest BCUT2D eigenvalue weighted by Crippen LogP contribution is -2.19. The van der Waals surface area contributed by atoms with Crippen molar-refractivity contribution in [3.63, 3.8) is 0 Å². The third-order valence-electron chi connectivity index (χ3n) is 4.39. The zero-order valence-electron chi connectivity index (χ0n) is 14.3. The van der Waals surface area contributed by atoms with E-state index in [-0.39, 0.29) is 11.2 Å². The highest BCUT2D eigenvalue weighted by atomic mass is 16.5. The lowest BCUT2D eigenvalue weighted by molar-refractivity contribution is 0.187. The van der Waals surface area contributed by atoms with Crippen molar-refractivity contribution in [2.24, 2.45) is 0 Å². The van der Waals surface area contributed by atoms with Gasteiger partial charge in [0.05, 0.1) is 35.2 Å². The molecule has 0 amide bonds. The number of H-pyrrole nitrogens is 2. The van der Waals surface area contributed by atoms with Gasteiger partial charge in [-0.15, -0.1) is 0 Å². The number of benzene rings is 2. The van der Waals surface area contributed by atoms with Crippen LogP contribution < -0.4 is 11.2 Å². The molecule has 4 aromatic rings. The summed E-state index contributed by atoms with van der Waals surface area (Å²) < 4.78 is 6.68. The van der Waals surface area contributed by atoms with Crippen molar-refractivity contribution >= 4 is 22.1 Å². The summed E-state index contributed by atoms with van der Waals surface area (Å²) in [6.07, 6.45) is 0.452. The summed E-state index contributed by atoms with van der Waals surface area (Å²) in [5.41, 5.74) is 3.68. The molecule has 4 rings (SSSR count). The van der Waals surface area contributed by atoms with Gasteiger partial charge in [-0.1, -0.05) is 30.3 Å². The molecule has 0 bridgehead atoms. The third-order valence-corrected chi connectivity index (χ3v) is 4.39. The van der Waals surface area contributed by atoms with E-state index in [9.17, 15) is 9.59 Å². The van der Waals surface area contributed by atoms with Gasteiger partial charge in [-0.25, -0.2) is 9.78 Å². The molecule has 0 radical (unpaired) electrons. The summed E-state index contributed by atoms with van der Waals surface area (Å²) in [6.45, 7) is 0.879. The molecule has 132 valence electrons. The molecule has 0 fully saturated rings. The van der Waals surface area contributed by atoms with E-state index >= 15 is 0 Å². The van der Waals surface area contributed by atoms with Crippen LogP contribution >= 0.6 is 0 Å². The van der Waals surface area contributed by atoms with Gasteiger partial charge in [0.15, 0.2) is 0 Å². The molecule has 2 heterocycles. The highest BCUT2D eigenvalue weighted by molar-refractivity contribution is 5.91. The molecular weight excluding hydrogens is 332 g/mol. The SMILES string of the molecule is COCCn1c(=O)[nH]c2cc3[nH]c(=O)c(Cc4ccccc4)nc3cc21. The van der Waals surface area contributed by atoms with Crippen molar-refractivity contribution in [1.82, 2.24) is 19.5 Å². The molecule has 0 aliphatic heterocycles. The van der Waals surface area contributed by atoms with Crippen LogP contribution in [0.5, 0.6) is 0 Å². The summed E-state index contributed by atoms with van der Waals surface area (Å²) in [5, 5.41) is 0. The first-order valence-corrected chi connectivity index (χ1v) is 8.34. The minimum atomic E-state index is -0.220. The Morgan fingerprint density at radius 2 is 1.88 bits per heavy atom. The van der Waals surface area contributed by atoms with E-state index in [1.165, 1.54) is 0 Å². The Bertz CT molecular complexity index is 1190. The molecule has 2 aromatic heterocycles. The Morgan fingerprint density at radius 1 is 1.08 bits per heavy atom. The van der Waals surface area contributed by atoms with E-state index in [0.29, 0.717) is 41.8 Å². The Balaban J connectivity index is 1.84. The zero-order valence-corrected chi connectivity index (χ0v) is 14.3. The Hall–Kier alpha value is -3.19. The molecule has 0 unspecified atom stereocenters. The van der Waals surface area contributed by atoms with Crippen molar-refractivity contribution in [3.05, 3.63) is 74.6 Å². The molecule has 0 saturated heterocycles. The van der Waals surface area contributed by atoms with E-state index in [0.717, 1.165) is 11.1 Å². The highest BCUT2D eigenvalue weighted by Crippen LogP contribution is 2.18. The average molecular weight is 350 g/mol. The zero-order chi connectivity index (χ0) is 18.1. The number of nitrogens with one attached hydrogen (secondary N) is 2. The Kier molecular flexibility index (Phi) is 4.14. The molecular formula is C19H18N4O3. The van der Waals surface area contributed by atoms with E-state index in [2.05, 4.69) is 15.0 Å². The predicted octanol–water partition coefficient (Wildman–Crippen LogP) is 1.80. The van der Waals surface area contributed by atoms with Gasteiger partial charge in [-0.05, 0) is 17.7 Å². The van der Waals surface area contributed by atoms with Gasteiger partial charge in [-0.2, -0.15) is 0 Å². The molecule has 0 aliphatic rings. The maximum absolute atomic E-state index is 12.4. The van der Waals surface area contributed by atoms with Gasteiger partial charge >= 0.3 is 5.69 Å². The van der Waals surface area contributed by atoms with Crippen LogP contribution in [0.3, 0.4) is 0 Å². The second kappa shape index (κ2) is 6.61. The van der Waals surface area contributed by atoms with Crippen molar-refractivity contribution in [1.29, 1.82) is 0 Å². The van der Waals surface area contributed by atoms with Crippen LogP contribution in [0.15, 0.2) is 52.1 Å². The highest BCUT2D eigenvalue weighted by Gasteiger charge is 2.11. The number of aromatic amines is 2. The largest absolute Gasteiger partial charge is 0.383 e. The van der Waals surface area contributed by atoms with Crippen LogP contribution in [0.25, 0.3) is 22.1 Å². The predicted molar refractivity (Wildman–Crippen MR) is 99.6 cm³/mol.